The standard InChI is InChI=1S/C17H21BrN2O9/c1-25-8-14(21)27-7-12-11(29-15(22)9-26-2)5-13(28-12)20-6-10(3-4-18)16(23)19-17(20)24/h3-4,6,11-13H,5,7-9H2,1-2H3,(H,19,23,24)/b4-3+/t11?,12-,13-/m0/s1. The summed E-state index contributed by atoms with van der Waals surface area (Å²) >= 11 is 3.07. The van der Waals surface area contributed by atoms with E-state index in [1.807, 2.05) is 0 Å². The molecule has 1 aromatic heterocycles. The van der Waals surface area contributed by atoms with Crippen LogP contribution in [0, 0.1) is 0 Å². The van der Waals surface area contributed by atoms with Gasteiger partial charge < -0.3 is 23.7 Å². The zero-order valence-corrected chi connectivity index (χ0v) is 17.4. The Hall–Kier alpha value is -2.28. The van der Waals surface area contributed by atoms with Crippen LogP contribution in [0.1, 0.15) is 18.2 Å². The molecule has 0 aromatic carbocycles. The van der Waals surface area contributed by atoms with E-state index in [1.165, 1.54) is 36.0 Å². The first-order chi connectivity index (χ1) is 13.9. The Labute approximate surface area is 173 Å². The van der Waals surface area contributed by atoms with Gasteiger partial charge in [0, 0.05) is 26.8 Å². The maximum Gasteiger partial charge on any atom is 0.332 e. The number of hydrogen-bond acceptors (Lipinski definition) is 9. The molecule has 11 nitrogen and oxygen atoms in total. The third-order valence-electron chi connectivity index (χ3n) is 3.94. The summed E-state index contributed by atoms with van der Waals surface area (Å²) in [6, 6.07) is 0. The second-order valence-corrected chi connectivity index (χ2v) is 6.51. The molecule has 0 aliphatic carbocycles. The monoisotopic (exact) mass is 476 g/mol. The first kappa shape index (κ1) is 23.0. The first-order valence-electron chi connectivity index (χ1n) is 8.50. The van der Waals surface area contributed by atoms with Crippen LogP contribution in [0.25, 0.3) is 6.08 Å². The third kappa shape index (κ3) is 6.35. The van der Waals surface area contributed by atoms with Gasteiger partial charge in [-0.25, -0.2) is 14.4 Å². The van der Waals surface area contributed by atoms with Crippen molar-refractivity contribution in [2.45, 2.75) is 24.9 Å². The summed E-state index contributed by atoms with van der Waals surface area (Å²) in [6.45, 7) is -0.724. The second kappa shape index (κ2) is 11.0. The summed E-state index contributed by atoms with van der Waals surface area (Å²) in [5, 5.41) is 0. The number of nitrogens with zero attached hydrogens (tertiary/aromatic N) is 1. The van der Waals surface area contributed by atoms with Crippen LogP contribution in [0.5, 0.6) is 0 Å². The Morgan fingerprint density at radius 3 is 2.62 bits per heavy atom. The van der Waals surface area contributed by atoms with Gasteiger partial charge in [-0.3, -0.25) is 14.3 Å². The van der Waals surface area contributed by atoms with Crippen molar-refractivity contribution in [3.8, 4) is 0 Å². The van der Waals surface area contributed by atoms with Crippen LogP contribution in [0.15, 0.2) is 20.8 Å². The van der Waals surface area contributed by atoms with Gasteiger partial charge in [0.25, 0.3) is 5.56 Å². The number of nitrogens with one attached hydrogen (secondary N) is 1. The summed E-state index contributed by atoms with van der Waals surface area (Å²) in [4.78, 5) is 51.1. The van der Waals surface area contributed by atoms with Crippen LogP contribution in [-0.4, -0.2) is 67.7 Å². The molecule has 29 heavy (non-hydrogen) atoms. The number of ether oxygens (including phenoxy) is 5. The number of rotatable bonds is 9. The molecule has 1 aliphatic rings. The van der Waals surface area contributed by atoms with E-state index >= 15 is 0 Å². The Balaban J connectivity index is 2.22. The SMILES string of the molecule is COCC(=O)OC[C@@H]1O[C@H](n2cc(/C=C/Br)c(=O)[nH]c2=O)CC1OC(=O)COC. The van der Waals surface area contributed by atoms with Crippen molar-refractivity contribution in [3.63, 3.8) is 0 Å². The average molecular weight is 477 g/mol. The number of aromatic amines is 1. The number of hydrogen-bond donors (Lipinski definition) is 1. The molecule has 0 saturated carbocycles. The largest absolute Gasteiger partial charge is 0.461 e. The fourth-order valence-corrected chi connectivity index (χ4v) is 2.99. The van der Waals surface area contributed by atoms with Crippen molar-refractivity contribution < 1.29 is 33.3 Å². The van der Waals surface area contributed by atoms with Gasteiger partial charge in [0.05, 0.1) is 5.56 Å². The lowest BCUT2D eigenvalue weighted by molar-refractivity contribution is -0.162. The van der Waals surface area contributed by atoms with Gasteiger partial charge in [0.15, 0.2) is 0 Å². The molecular formula is C17H21BrN2O9. The van der Waals surface area contributed by atoms with E-state index in [9.17, 15) is 19.2 Å². The fourth-order valence-electron chi connectivity index (χ4n) is 2.70. The van der Waals surface area contributed by atoms with Gasteiger partial charge in [0.2, 0.25) is 0 Å². The quantitative estimate of drug-likeness (QED) is 0.485. The molecule has 1 fully saturated rings. The number of halogens is 1. The molecule has 3 atom stereocenters. The van der Waals surface area contributed by atoms with Crippen LogP contribution in [0.3, 0.4) is 0 Å². The van der Waals surface area contributed by atoms with E-state index in [-0.39, 0.29) is 31.8 Å². The minimum absolute atomic E-state index is 0.103. The molecule has 2 heterocycles. The normalized spacial score (nSPS) is 21.4. The molecule has 0 radical (unpaired) electrons. The van der Waals surface area contributed by atoms with Crippen molar-refractivity contribution in [1.29, 1.82) is 0 Å². The van der Waals surface area contributed by atoms with E-state index in [4.69, 9.17) is 18.9 Å². The number of carbonyl (C=O) groups excluding carboxylic acids is 2. The summed E-state index contributed by atoms with van der Waals surface area (Å²) in [6.07, 6.45) is 0.419. The van der Waals surface area contributed by atoms with Gasteiger partial charge in [-0.15, -0.1) is 0 Å². The minimum Gasteiger partial charge on any atom is -0.461 e. The van der Waals surface area contributed by atoms with Gasteiger partial charge >= 0.3 is 17.6 Å². The molecule has 1 saturated heterocycles. The molecule has 0 spiro atoms. The van der Waals surface area contributed by atoms with Crippen molar-refractivity contribution in [2.75, 3.05) is 34.0 Å². The average Bonchev–Trinajstić information content (AvgIpc) is 3.05. The highest BCUT2D eigenvalue weighted by Gasteiger charge is 2.40. The number of esters is 2. The second-order valence-electron chi connectivity index (χ2n) is 5.99. The first-order valence-corrected chi connectivity index (χ1v) is 9.41. The maximum atomic E-state index is 12.2. The molecule has 2 rings (SSSR count). The van der Waals surface area contributed by atoms with Crippen LogP contribution < -0.4 is 11.2 Å². The fraction of sp³-hybridized carbons (Fsp3) is 0.529. The van der Waals surface area contributed by atoms with E-state index in [0.717, 1.165) is 0 Å². The molecule has 1 aliphatic heterocycles. The number of methoxy groups -OCH3 is 2. The van der Waals surface area contributed by atoms with E-state index in [2.05, 4.69) is 25.7 Å². The van der Waals surface area contributed by atoms with Crippen molar-refractivity contribution in [1.82, 2.24) is 9.55 Å². The highest BCUT2D eigenvalue weighted by molar-refractivity contribution is 9.11. The molecule has 0 bridgehead atoms. The maximum absolute atomic E-state index is 12.2. The van der Waals surface area contributed by atoms with Crippen LogP contribution >= 0.6 is 15.9 Å². The molecule has 0 amide bonds. The predicted octanol–water partition coefficient (Wildman–Crippen LogP) is -0.0625. The van der Waals surface area contributed by atoms with Gasteiger partial charge in [0.1, 0.15) is 38.3 Å². The Morgan fingerprint density at radius 2 is 1.97 bits per heavy atom. The Kier molecular flexibility index (Phi) is 8.76. The minimum atomic E-state index is -0.853. The number of aromatic nitrogens is 2. The lowest BCUT2D eigenvalue weighted by Crippen LogP contribution is -2.34. The molecule has 1 N–H and O–H groups in total. The van der Waals surface area contributed by atoms with Crippen LogP contribution in [0.4, 0.5) is 0 Å². The predicted molar refractivity (Wildman–Crippen MR) is 102 cm³/mol. The lowest BCUT2D eigenvalue weighted by atomic mass is 10.2. The van der Waals surface area contributed by atoms with Crippen molar-refractivity contribution >= 4 is 33.9 Å². The topological polar surface area (TPSA) is 135 Å². The molecular weight excluding hydrogens is 456 g/mol. The van der Waals surface area contributed by atoms with E-state index in [0.29, 0.717) is 0 Å². The summed E-state index contributed by atoms with van der Waals surface area (Å²) in [5.41, 5.74) is -1.04. The summed E-state index contributed by atoms with van der Waals surface area (Å²) < 4.78 is 26.8. The van der Waals surface area contributed by atoms with Crippen LogP contribution in [0.2, 0.25) is 0 Å². The van der Waals surface area contributed by atoms with Gasteiger partial charge in [-0.1, -0.05) is 15.9 Å². The van der Waals surface area contributed by atoms with Gasteiger partial charge in [-0.2, -0.15) is 0 Å². The number of carbonyl (C=O) groups is 2. The highest BCUT2D eigenvalue weighted by Crippen LogP contribution is 2.30. The summed E-state index contributed by atoms with van der Waals surface area (Å²) in [7, 11) is 2.69. The highest BCUT2D eigenvalue weighted by atomic mass is 79.9. The lowest BCUT2D eigenvalue weighted by Gasteiger charge is -2.18. The number of H-pyrrole nitrogens is 1. The molecule has 1 unspecified atom stereocenters. The third-order valence-corrected chi connectivity index (χ3v) is 4.21. The zero-order valence-electron chi connectivity index (χ0n) is 15.8. The Bertz CT molecular complexity index is 863. The Morgan fingerprint density at radius 1 is 1.28 bits per heavy atom. The smallest absolute Gasteiger partial charge is 0.332 e. The van der Waals surface area contributed by atoms with E-state index < -0.39 is 41.6 Å². The molecule has 12 heteroatoms. The summed E-state index contributed by atoms with van der Waals surface area (Å²) in [5.74, 6) is -1.25. The van der Waals surface area contributed by atoms with Crippen LogP contribution in [-0.2, 0) is 33.3 Å². The van der Waals surface area contributed by atoms with E-state index in [1.54, 1.807) is 0 Å². The van der Waals surface area contributed by atoms with Crippen molar-refractivity contribution in [3.05, 3.63) is 37.6 Å². The molecule has 160 valence electrons. The van der Waals surface area contributed by atoms with Gasteiger partial charge in [-0.05, 0) is 11.1 Å². The van der Waals surface area contributed by atoms with Crippen molar-refractivity contribution in [2.24, 2.45) is 0 Å². The molecule has 1 aromatic rings. The zero-order chi connectivity index (χ0) is 21.4.